The highest BCUT2D eigenvalue weighted by Crippen LogP contribution is 2.30. The van der Waals surface area contributed by atoms with E-state index < -0.39 is 18.0 Å². The van der Waals surface area contributed by atoms with Crippen molar-refractivity contribution in [3.63, 3.8) is 0 Å². The standard InChI is InChI=1S/C18H17F3N8O/c1-9(2)13(15-25-14(28-30-15)11-5-4-6-22-8-11)24-12-7-10(3)23-17-26-16(18(19,20)21)27-29(12)17/h4-9,13,24H,1-3H3. The van der Waals surface area contributed by atoms with Gasteiger partial charge in [-0.2, -0.15) is 27.7 Å². The van der Waals surface area contributed by atoms with Crippen LogP contribution in [0.1, 0.15) is 37.3 Å². The normalized spacial score (nSPS) is 13.2. The first-order valence-electron chi connectivity index (χ1n) is 9.04. The van der Waals surface area contributed by atoms with Gasteiger partial charge in [0.15, 0.2) is 0 Å². The molecule has 0 aromatic carbocycles. The van der Waals surface area contributed by atoms with Crippen LogP contribution in [0.5, 0.6) is 0 Å². The summed E-state index contributed by atoms with van der Waals surface area (Å²) >= 11 is 0. The maximum atomic E-state index is 13.1. The van der Waals surface area contributed by atoms with Crippen LogP contribution >= 0.6 is 0 Å². The molecule has 0 aliphatic carbocycles. The molecule has 1 unspecified atom stereocenters. The lowest BCUT2D eigenvalue weighted by atomic mass is 10.0. The van der Waals surface area contributed by atoms with Crippen molar-refractivity contribution in [3.8, 4) is 11.4 Å². The van der Waals surface area contributed by atoms with Gasteiger partial charge in [0.05, 0.1) is 0 Å². The molecule has 4 aromatic rings. The highest BCUT2D eigenvalue weighted by atomic mass is 19.4. The van der Waals surface area contributed by atoms with E-state index in [1.165, 1.54) is 0 Å². The van der Waals surface area contributed by atoms with Gasteiger partial charge in [0, 0.05) is 29.7 Å². The molecule has 1 N–H and O–H groups in total. The van der Waals surface area contributed by atoms with Gasteiger partial charge in [-0.1, -0.05) is 19.0 Å². The number of aromatic nitrogens is 7. The van der Waals surface area contributed by atoms with Crippen LogP contribution in [0.15, 0.2) is 35.1 Å². The van der Waals surface area contributed by atoms with Crippen LogP contribution in [-0.4, -0.2) is 34.7 Å². The largest absolute Gasteiger partial charge is 0.453 e. The van der Waals surface area contributed by atoms with E-state index in [1.54, 1.807) is 37.5 Å². The Kier molecular flexibility index (Phi) is 4.84. The summed E-state index contributed by atoms with van der Waals surface area (Å²) in [5, 5.41) is 10.7. The van der Waals surface area contributed by atoms with Crippen LogP contribution in [0.25, 0.3) is 17.2 Å². The summed E-state index contributed by atoms with van der Waals surface area (Å²) < 4.78 is 45.6. The number of aryl methyl sites for hydroxylation is 1. The number of fused-ring (bicyclic) bond motifs is 1. The highest BCUT2D eigenvalue weighted by molar-refractivity contribution is 5.52. The van der Waals surface area contributed by atoms with E-state index in [9.17, 15) is 13.2 Å². The van der Waals surface area contributed by atoms with Crippen molar-refractivity contribution >= 4 is 11.6 Å². The van der Waals surface area contributed by atoms with Crippen molar-refractivity contribution < 1.29 is 17.7 Å². The molecule has 0 radical (unpaired) electrons. The van der Waals surface area contributed by atoms with Gasteiger partial charge in [-0.05, 0) is 25.0 Å². The van der Waals surface area contributed by atoms with Crippen molar-refractivity contribution in [2.24, 2.45) is 5.92 Å². The molecular weight excluding hydrogens is 401 g/mol. The Labute approximate surface area is 168 Å². The first-order valence-corrected chi connectivity index (χ1v) is 9.04. The Balaban J connectivity index is 1.71. The maximum Gasteiger partial charge on any atom is 0.453 e. The van der Waals surface area contributed by atoms with Gasteiger partial charge in [-0.15, -0.1) is 5.10 Å². The van der Waals surface area contributed by atoms with Gasteiger partial charge >= 0.3 is 6.18 Å². The molecule has 0 amide bonds. The third kappa shape index (κ3) is 3.80. The van der Waals surface area contributed by atoms with E-state index in [0.717, 1.165) is 4.52 Å². The fraction of sp³-hybridized carbons (Fsp3) is 0.333. The summed E-state index contributed by atoms with van der Waals surface area (Å²) in [6.07, 6.45) is -1.44. The molecule has 30 heavy (non-hydrogen) atoms. The van der Waals surface area contributed by atoms with Crippen LogP contribution in [0.4, 0.5) is 19.0 Å². The quantitative estimate of drug-likeness (QED) is 0.523. The highest BCUT2D eigenvalue weighted by Gasteiger charge is 2.37. The van der Waals surface area contributed by atoms with Crippen LogP contribution in [0.2, 0.25) is 0 Å². The van der Waals surface area contributed by atoms with Gasteiger partial charge in [-0.3, -0.25) is 4.98 Å². The molecule has 0 fully saturated rings. The monoisotopic (exact) mass is 418 g/mol. The zero-order valence-corrected chi connectivity index (χ0v) is 16.2. The number of nitrogens with one attached hydrogen (secondary N) is 1. The molecule has 4 aromatic heterocycles. The zero-order chi connectivity index (χ0) is 21.5. The van der Waals surface area contributed by atoms with Crippen molar-refractivity contribution in [2.75, 3.05) is 5.32 Å². The predicted molar refractivity (Wildman–Crippen MR) is 99.3 cm³/mol. The van der Waals surface area contributed by atoms with Crippen LogP contribution < -0.4 is 5.32 Å². The van der Waals surface area contributed by atoms with Gasteiger partial charge in [0.1, 0.15) is 11.9 Å². The summed E-state index contributed by atoms with van der Waals surface area (Å²) in [6, 6.07) is 4.63. The number of alkyl halides is 3. The number of anilines is 1. The third-order valence-corrected chi connectivity index (χ3v) is 4.29. The molecule has 0 spiro atoms. The molecule has 0 aliphatic heterocycles. The van der Waals surface area contributed by atoms with E-state index in [1.807, 2.05) is 13.8 Å². The Morgan fingerprint density at radius 2 is 1.97 bits per heavy atom. The summed E-state index contributed by atoms with van der Waals surface area (Å²) in [5.41, 5.74) is 1.17. The SMILES string of the molecule is Cc1cc(NC(c2nc(-c3cccnc3)no2)C(C)C)n2nc(C(F)(F)F)nc2n1. The van der Waals surface area contributed by atoms with Crippen molar-refractivity contribution in [3.05, 3.63) is 48.0 Å². The minimum Gasteiger partial charge on any atom is -0.358 e. The van der Waals surface area contributed by atoms with E-state index in [2.05, 4.69) is 35.5 Å². The first-order chi connectivity index (χ1) is 14.2. The molecule has 0 saturated carbocycles. The number of pyridine rings is 1. The second-order valence-electron chi connectivity index (χ2n) is 6.99. The fourth-order valence-corrected chi connectivity index (χ4v) is 2.86. The van der Waals surface area contributed by atoms with Crippen molar-refractivity contribution in [1.29, 1.82) is 0 Å². The Bertz CT molecular complexity index is 1170. The summed E-state index contributed by atoms with van der Waals surface area (Å²) in [5.74, 6) is -0.540. The molecule has 1 atom stereocenters. The second-order valence-corrected chi connectivity index (χ2v) is 6.99. The zero-order valence-electron chi connectivity index (χ0n) is 16.2. The number of hydrogen-bond donors (Lipinski definition) is 1. The molecular formula is C18H17F3N8O. The number of rotatable bonds is 5. The van der Waals surface area contributed by atoms with Crippen molar-refractivity contribution in [1.82, 2.24) is 34.7 Å². The topological polar surface area (TPSA) is 107 Å². The summed E-state index contributed by atoms with van der Waals surface area (Å²) in [7, 11) is 0. The van der Waals surface area contributed by atoms with Crippen LogP contribution in [-0.2, 0) is 6.18 Å². The van der Waals surface area contributed by atoms with Gasteiger partial charge in [0.2, 0.25) is 11.7 Å². The molecule has 4 heterocycles. The van der Waals surface area contributed by atoms with Gasteiger partial charge in [0.25, 0.3) is 11.6 Å². The molecule has 0 aliphatic rings. The lowest BCUT2D eigenvalue weighted by Crippen LogP contribution is -2.19. The first kappa shape index (κ1) is 19.7. The maximum absolute atomic E-state index is 13.1. The lowest BCUT2D eigenvalue weighted by molar-refractivity contribution is -0.144. The Morgan fingerprint density at radius 1 is 1.17 bits per heavy atom. The molecule has 9 nitrogen and oxygen atoms in total. The average molecular weight is 418 g/mol. The Morgan fingerprint density at radius 3 is 2.63 bits per heavy atom. The van der Waals surface area contributed by atoms with Gasteiger partial charge in [-0.25, -0.2) is 4.98 Å². The summed E-state index contributed by atoms with van der Waals surface area (Å²) in [4.78, 5) is 16.0. The van der Waals surface area contributed by atoms with Crippen LogP contribution in [0.3, 0.4) is 0 Å². The van der Waals surface area contributed by atoms with Crippen molar-refractivity contribution in [2.45, 2.75) is 33.0 Å². The summed E-state index contributed by atoms with van der Waals surface area (Å²) in [6.45, 7) is 5.49. The lowest BCUT2D eigenvalue weighted by Gasteiger charge is -2.20. The predicted octanol–water partition coefficient (Wildman–Crippen LogP) is 3.71. The van der Waals surface area contributed by atoms with Gasteiger partial charge < -0.3 is 9.84 Å². The fourth-order valence-electron chi connectivity index (χ4n) is 2.86. The number of hydrogen-bond acceptors (Lipinski definition) is 8. The number of halogens is 3. The Hall–Kier alpha value is -3.57. The minimum atomic E-state index is -4.68. The number of nitrogens with zero attached hydrogens (tertiary/aromatic N) is 7. The van der Waals surface area contributed by atoms with E-state index >= 15 is 0 Å². The van der Waals surface area contributed by atoms with E-state index in [4.69, 9.17) is 4.52 Å². The second kappa shape index (κ2) is 7.35. The molecule has 0 saturated heterocycles. The van der Waals surface area contributed by atoms with E-state index in [0.29, 0.717) is 17.1 Å². The molecule has 0 bridgehead atoms. The average Bonchev–Trinajstić information content (AvgIpc) is 3.33. The van der Waals surface area contributed by atoms with E-state index in [-0.39, 0.29) is 23.4 Å². The smallest absolute Gasteiger partial charge is 0.358 e. The van der Waals surface area contributed by atoms with Crippen LogP contribution in [0, 0.1) is 12.8 Å². The molecule has 12 heteroatoms. The molecule has 156 valence electrons. The minimum absolute atomic E-state index is 0.0404. The third-order valence-electron chi connectivity index (χ3n) is 4.29. The molecule has 4 rings (SSSR count).